The molecular weight excluding hydrogens is 219 g/mol. The zero-order valence-corrected chi connectivity index (χ0v) is 8.56. The molecule has 2 aromatic rings. The highest BCUT2D eigenvalue weighted by atomic mass is 35.5. The lowest BCUT2D eigenvalue weighted by molar-refractivity contribution is 0.563. The molecule has 0 aliphatic heterocycles. The Labute approximate surface area is 91.2 Å². The van der Waals surface area contributed by atoms with Crippen LogP contribution in [-0.2, 0) is 4.79 Å². The summed E-state index contributed by atoms with van der Waals surface area (Å²) in [7, 11) is 0. The Morgan fingerprint density at radius 3 is 2.57 bits per heavy atom. The van der Waals surface area contributed by atoms with Gasteiger partial charge in [-0.15, -0.1) is 0 Å². The van der Waals surface area contributed by atoms with E-state index in [2.05, 4.69) is 0 Å². The number of benzene rings is 2. The molecule has 0 heterocycles. The van der Waals surface area contributed by atoms with Crippen LogP contribution in [0.3, 0.4) is 0 Å². The first kappa shape index (κ1) is 9.50. The van der Waals surface area contributed by atoms with E-state index in [1.807, 2.05) is 30.6 Å². The van der Waals surface area contributed by atoms with Crippen LogP contribution in [0.1, 0.15) is 5.56 Å². The van der Waals surface area contributed by atoms with Gasteiger partial charge in [0.05, 0.1) is 15.6 Å². The van der Waals surface area contributed by atoms with Gasteiger partial charge in [0.1, 0.15) is 0 Å². The summed E-state index contributed by atoms with van der Waals surface area (Å²) in [6, 6.07) is 9.14. The number of carbonyl (C=O) groups excluding carboxylic acids is 1. The maximum atomic E-state index is 10.7. The summed E-state index contributed by atoms with van der Waals surface area (Å²) in [6.45, 7) is 0. The predicted octanol–water partition coefficient (Wildman–Crippen LogP) is 3.60. The normalized spacial score (nSPS) is 10.4. The molecule has 0 atom stereocenters. The van der Waals surface area contributed by atoms with E-state index in [1.54, 1.807) is 6.07 Å². The number of hydrogen-bond donors (Lipinski definition) is 0. The van der Waals surface area contributed by atoms with E-state index in [9.17, 15) is 4.79 Å². The van der Waals surface area contributed by atoms with Gasteiger partial charge < -0.3 is 0 Å². The molecule has 0 aliphatic carbocycles. The van der Waals surface area contributed by atoms with Crippen LogP contribution >= 0.6 is 23.2 Å². The van der Waals surface area contributed by atoms with Gasteiger partial charge in [-0.25, -0.2) is 0 Å². The Kier molecular flexibility index (Phi) is 2.44. The Morgan fingerprint density at radius 2 is 1.86 bits per heavy atom. The first-order valence-corrected chi connectivity index (χ1v) is 4.74. The highest BCUT2D eigenvalue weighted by Crippen LogP contribution is 2.31. The predicted molar refractivity (Wildman–Crippen MR) is 58.8 cm³/mol. The monoisotopic (exact) mass is 223 g/mol. The van der Waals surface area contributed by atoms with Crippen molar-refractivity contribution in [1.82, 2.24) is 0 Å². The third-order valence-corrected chi connectivity index (χ3v) is 2.83. The van der Waals surface area contributed by atoms with Crippen molar-refractivity contribution < 1.29 is 4.79 Å². The molecule has 2 aromatic carbocycles. The molecule has 0 aliphatic rings. The molecule has 0 unspecified atom stereocenters. The van der Waals surface area contributed by atoms with Crippen LogP contribution in [0.4, 0.5) is 0 Å². The molecule has 14 heavy (non-hydrogen) atoms. The van der Waals surface area contributed by atoms with Crippen LogP contribution in [0.2, 0.25) is 10.0 Å². The van der Waals surface area contributed by atoms with Crippen LogP contribution in [0.25, 0.3) is 10.8 Å². The largest absolute Gasteiger partial charge is 0.285 e. The molecule has 69 valence electrons. The molecule has 3 heteroatoms. The van der Waals surface area contributed by atoms with Gasteiger partial charge in [0.2, 0.25) is 6.29 Å². The first-order valence-electron chi connectivity index (χ1n) is 3.99. The van der Waals surface area contributed by atoms with Crippen LogP contribution in [0.5, 0.6) is 0 Å². The van der Waals surface area contributed by atoms with Crippen molar-refractivity contribution >= 4 is 40.3 Å². The Bertz CT molecular complexity index is 506. The molecule has 0 fully saturated rings. The van der Waals surface area contributed by atoms with Gasteiger partial charge in [0.25, 0.3) is 0 Å². The molecule has 0 N–H and O–H groups in total. The van der Waals surface area contributed by atoms with Gasteiger partial charge in [-0.3, -0.25) is 4.79 Å². The summed E-state index contributed by atoms with van der Waals surface area (Å²) in [5.74, 6) is 0. The van der Waals surface area contributed by atoms with E-state index in [4.69, 9.17) is 23.2 Å². The second-order valence-electron chi connectivity index (χ2n) is 2.87. The van der Waals surface area contributed by atoms with Crippen LogP contribution < -0.4 is 0 Å². The highest BCUT2D eigenvalue weighted by molar-refractivity contribution is 6.44. The maximum Gasteiger partial charge on any atom is 0.235 e. The molecule has 1 nitrogen and oxygen atoms in total. The second-order valence-corrected chi connectivity index (χ2v) is 3.66. The summed E-state index contributed by atoms with van der Waals surface area (Å²) >= 11 is 11.7. The standard InChI is InChI=1S/C11H5Cl2O/c12-10-5-7-3-1-2-4-8(7)9(6-14)11(10)13/h1-5H. The number of fused-ring (bicyclic) bond motifs is 1. The van der Waals surface area contributed by atoms with Gasteiger partial charge in [0, 0.05) is 0 Å². The molecule has 0 saturated heterocycles. The van der Waals surface area contributed by atoms with E-state index < -0.39 is 0 Å². The van der Waals surface area contributed by atoms with E-state index in [0.717, 1.165) is 10.8 Å². The SMILES string of the molecule is O=[C]c1c(Cl)c(Cl)cc2ccccc12. The summed E-state index contributed by atoms with van der Waals surface area (Å²) < 4.78 is 0. The van der Waals surface area contributed by atoms with Crippen LogP contribution in [0.15, 0.2) is 30.3 Å². The first-order chi connectivity index (χ1) is 6.74. The fraction of sp³-hybridized carbons (Fsp3) is 0. The molecule has 2 rings (SSSR count). The number of hydrogen-bond acceptors (Lipinski definition) is 1. The van der Waals surface area contributed by atoms with Crippen molar-refractivity contribution in [1.29, 1.82) is 0 Å². The molecule has 1 radical (unpaired) electrons. The van der Waals surface area contributed by atoms with E-state index >= 15 is 0 Å². The number of rotatable bonds is 1. The highest BCUT2D eigenvalue weighted by Gasteiger charge is 2.09. The van der Waals surface area contributed by atoms with Gasteiger partial charge in [-0.05, 0) is 16.8 Å². The third kappa shape index (κ3) is 1.39. The number of halogens is 2. The topological polar surface area (TPSA) is 17.1 Å². The molecule has 0 bridgehead atoms. The van der Waals surface area contributed by atoms with Crippen LogP contribution in [-0.4, -0.2) is 6.29 Å². The minimum atomic E-state index is 0.264. The summed E-state index contributed by atoms with van der Waals surface area (Å²) in [5, 5.41) is 2.31. The van der Waals surface area contributed by atoms with Gasteiger partial charge >= 0.3 is 0 Å². The van der Waals surface area contributed by atoms with Crippen molar-refractivity contribution in [2.24, 2.45) is 0 Å². The van der Waals surface area contributed by atoms with Gasteiger partial charge in [0.15, 0.2) is 0 Å². The van der Waals surface area contributed by atoms with Crippen molar-refractivity contribution in [3.05, 3.63) is 45.9 Å². The smallest absolute Gasteiger partial charge is 0.235 e. The van der Waals surface area contributed by atoms with Crippen molar-refractivity contribution in [2.45, 2.75) is 0 Å². The molecule has 0 spiro atoms. The second kappa shape index (κ2) is 3.60. The van der Waals surface area contributed by atoms with E-state index in [-0.39, 0.29) is 5.02 Å². The van der Waals surface area contributed by atoms with Gasteiger partial charge in [-0.1, -0.05) is 47.5 Å². The lowest BCUT2D eigenvalue weighted by Crippen LogP contribution is -1.86. The van der Waals surface area contributed by atoms with Crippen molar-refractivity contribution in [3.8, 4) is 0 Å². The lowest BCUT2D eigenvalue weighted by atomic mass is 10.1. The zero-order chi connectivity index (χ0) is 10.1. The Morgan fingerprint density at radius 1 is 1.14 bits per heavy atom. The molecule has 0 aromatic heterocycles. The minimum Gasteiger partial charge on any atom is -0.285 e. The summed E-state index contributed by atoms with van der Waals surface area (Å²) in [6.07, 6.45) is 1.81. The average molecular weight is 224 g/mol. The Hall–Kier alpha value is -1.05. The average Bonchev–Trinajstić information content (AvgIpc) is 2.20. The minimum absolute atomic E-state index is 0.264. The Balaban J connectivity index is 2.96. The van der Waals surface area contributed by atoms with E-state index in [0.29, 0.717) is 10.6 Å². The maximum absolute atomic E-state index is 10.7. The fourth-order valence-corrected chi connectivity index (χ4v) is 1.79. The van der Waals surface area contributed by atoms with Crippen LogP contribution in [0, 0.1) is 0 Å². The fourth-order valence-electron chi connectivity index (χ4n) is 1.39. The summed E-state index contributed by atoms with van der Waals surface area (Å²) in [4.78, 5) is 10.7. The quantitative estimate of drug-likeness (QED) is 0.723. The lowest BCUT2D eigenvalue weighted by Gasteiger charge is -2.04. The zero-order valence-electron chi connectivity index (χ0n) is 7.05. The summed E-state index contributed by atoms with van der Waals surface area (Å²) in [5.41, 5.74) is 0.328. The third-order valence-electron chi connectivity index (χ3n) is 2.04. The molecular formula is C11H5Cl2O. The molecule has 0 saturated carbocycles. The van der Waals surface area contributed by atoms with Crippen molar-refractivity contribution in [2.75, 3.05) is 0 Å². The van der Waals surface area contributed by atoms with Crippen molar-refractivity contribution in [3.63, 3.8) is 0 Å². The van der Waals surface area contributed by atoms with E-state index in [1.165, 1.54) is 0 Å². The molecule has 0 amide bonds. The van der Waals surface area contributed by atoms with Gasteiger partial charge in [-0.2, -0.15) is 0 Å².